The maximum absolute atomic E-state index is 2.83. The standard InChI is InChI=1S/C12H23N/c1-2-3-10-13(11-6-4-7-11)12-8-5-9-12/h11-12H,2-10H2,1H3. The Kier molecular flexibility index (Phi) is 3.26. The van der Waals surface area contributed by atoms with Gasteiger partial charge in [-0.2, -0.15) is 0 Å². The maximum atomic E-state index is 2.83. The van der Waals surface area contributed by atoms with Crippen molar-refractivity contribution in [2.75, 3.05) is 6.54 Å². The first-order valence-electron chi connectivity index (χ1n) is 6.17. The van der Waals surface area contributed by atoms with Crippen LogP contribution >= 0.6 is 0 Å². The van der Waals surface area contributed by atoms with E-state index in [-0.39, 0.29) is 0 Å². The molecule has 2 aliphatic carbocycles. The summed E-state index contributed by atoms with van der Waals surface area (Å²) in [4.78, 5) is 2.83. The Morgan fingerprint density at radius 3 is 1.85 bits per heavy atom. The number of rotatable bonds is 5. The van der Waals surface area contributed by atoms with Gasteiger partial charge in [0.1, 0.15) is 0 Å². The average Bonchev–Trinajstić information content (AvgIpc) is 1.93. The van der Waals surface area contributed by atoms with Gasteiger partial charge < -0.3 is 0 Å². The summed E-state index contributed by atoms with van der Waals surface area (Å²) in [6.07, 6.45) is 11.7. The zero-order valence-corrected chi connectivity index (χ0v) is 8.97. The van der Waals surface area contributed by atoms with Crippen LogP contribution in [0.1, 0.15) is 58.3 Å². The van der Waals surface area contributed by atoms with Gasteiger partial charge in [0, 0.05) is 12.1 Å². The lowest BCUT2D eigenvalue weighted by atomic mass is 9.84. The highest BCUT2D eigenvalue weighted by Gasteiger charge is 2.32. The lowest BCUT2D eigenvalue weighted by Crippen LogP contribution is -2.49. The van der Waals surface area contributed by atoms with E-state index in [4.69, 9.17) is 0 Å². The van der Waals surface area contributed by atoms with Crippen LogP contribution in [-0.4, -0.2) is 23.5 Å². The van der Waals surface area contributed by atoms with E-state index in [2.05, 4.69) is 11.8 Å². The van der Waals surface area contributed by atoms with Crippen molar-refractivity contribution in [1.82, 2.24) is 4.90 Å². The molecular weight excluding hydrogens is 158 g/mol. The minimum absolute atomic E-state index is 0.983. The van der Waals surface area contributed by atoms with Crippen LogP contribution in [0.4, 0.5) is 0 Å². The fourth-order valence-corrected chi connectivity index (χ4v) is 2.44. The molecule has 0 saturated heterocycles. The monoisotopic (exact) mass is 181 g/mol. The van der Waals surface area contributed by atoms with Crippen molar-refractivity contribution in [3.8, 4) is 0 Å². The molecule has 2 fully saturated rings. The van der Waals surface area contributed by atoms with Crippen molar-refractivity contribution < 1.29 is 0 Å². The largest absolute Gasteiger partial charge is 0.297 e. The van der Waals surface area contributed by atoms with Crippen LogP contribution in [0.15, 0.2) is 0 Å². The van der Waals surface area contributed by atoms with Gasteiger partial charge in [0.05, 0.1) is 0 Å². The van der Waals surface area contributed by atoms with Gasteiger partial charge in [-0.15, -0.1) is 0 Å². The van der Waals surface area contributed by atoms with Gasteiger partial charge in [-0.05, 0) is 38.6 Å². The second kappa shape index (κ2) is 4.45. The number of unbranched alkanes of at least 4 members (excludes halogenated alkanes) is 1. The highest BCUT2D eigenvalue weighted by molar-refractivity contribution is 4.88. The molecule has 0 N–H and O–H groups in total. The molecule has 0 bridgehead atoms. The molecule has 0 heterocycles. The Hall–Kier alpha value is -0.0400. The fourth-order valence-electron chi connectivity index (χ4n) is 2.44. The second-order valence-corrected chi connectivity index (χ2v) is 4.76. The quantitative estimate of drug-likeness (QED) is 0.629. The van der Waals surface area contributed by atoms with Crippen molar-refractivity contribution in [3.63, 3.8) is 0 Å². The van der Waals surface area contributed by atoms with E-state index in [0.717, 1.165) is 12.1 Å². The summed E-state index contributed by atoms with van der Waals surface area (Å²) in [7, 11) is 0. The van der Waals surface area contributed by atoms with E-state index >= 15 is 0 Å². The molecule has 76 valence electrons. The third-order valence-corrected chi connectivity index (χ3v) is 3.86. The third-order valence-electron chi connectivity index (χ3n) is 3.86. The van der Waals surface area contributed by atoms with Crippen LogP contribution in [0.5, 0.6) is 0 Å². The summed E-state index contributed by atoms with van der Waals surface area (Å²) in [5.41, 5.74) is 0. The average molecular weight is 181 g/mol. The van der Waals surface area contributed by atoms with E-state index in [1.54, 1.807) is 0 Å². The fraction of sp³-hybridized carbons (Fsp3) is 1.00. The van der Waals surface area contributed by atoms with E-state index in [9.17, 15) is 0 Å². The Balaban J connectivity index is 1.78. The van der Waals surface area contributed by atoms with Crippen molar-refractivity contribution in [3.05, 3.63) is 0 Å². The molecule has 1 heteroatoms. The SMILES string of the molecule is CCCCN(C1CCC1)C1CCC1. The first-order chi connectivity index (χ1) is 6.42. The predicted octanol–water partition coefficient (Wildman–Crippen LogP) is 3.19. The smallest absolute Gasteiger partial charge is 0.00982 e. The zero-order chi connectivity index (χ0) is 9.10. The van der Waals surface area contributed by atoms with Gasteiger partial charge in [-0.3, -0.25) is 4.90 Å². The van der Waals surface area contributed by atoms with Crippen LogP contribution in [-0.2, 0) is 0 Å². The summed E-state index contributed by atoms with van der Waals surface area (Å²) in [6.45, 7) is 3.69. The molecule has 0 spiro atoms. The molecule has 1 nitrogen and oxygen atoms in total. The first-order valence-corrected chi connectivity index (χ1v) is 6.17. The molecule has 0 aromatic carbocycles. The number of hydrogen-bond donors (Lipinski definition) is 0. The summed E-state index contributed by atoms with van der Waals surface area (Å²) in [5.74, 6) is 0. The van der Waals surface area contributed by atoms with Gasteiger partial charge in [-0.25, -0.2) is 0 Å². The van der Waals surface area contributed by atoms with E-state index in [1.807, 2.05) is 0 Å². The molecule has 13 heavy (non-hydrogen) atoms. The molecule has 2 rings (SSSR count). The van der Waals surface area contributed by atoms with Crippen LogP contribution in [0, 0.1) is 0 Å². The Morgan fingerprint density at radius 2 is 1.54 bits per heavy atom. The van der Waals surface area contributed by atoms with Crippen molar-refractivity contribution in [1.29, 1.82) is 0 Å². The van der Waals surface area contributed by atoms with Gasteiger partial charge in [0.15, 0.2) is 0 Å². The first kappa shape index (κ1) is 9.51. The number of nitrogens with zero attached hydrogens (tertiary/aromatic N) is 1. The van der Waals surface area contributed by atoms with Gasteiger partial charge in [0.2, 0.25) is 0 Å². The van der Waals surface area contributed by atoms with Crippen LogP contribution < -0.4 is 0 Å². The molecule has 0 aliphatic heterocycles. The van der Waals surface area contributed by atoms with Crippen LogP contribution in [0.2, 0.25) is 0 Å². The molecule has 0 unspecified atom stereocenters. The Morgan fingerprint density at radius 1 is 1.00 bits per heavy atom. The summed E-state index contributed by atoms with van der Waals surface area (Å²) in [6, 6.07) is 1.97. The summed E-state index contributed by atoms with van der Waals surface area (Å²) in [5, 5.41) is 0. The van der Waals surface area contributed by atoms with Crippen LogP contribution in [0.3, 0.4) is 0 Å². The van der Waals surface area contributed by atoms with E-state index < -0.39 is 0 Å². The van der Waals surface area contributed by atoms with Gasteiger partial charge >= 0.3 is 0 Å². The molecule has 2 saturated carbocycles. The molecule has 2 aliphatic rings. The van der Waals surface area contributed by atoms with E-state index in [1.165, 1.54) is 57.9 Å². The van der Waals surface area contributed by atoms with E-state index in [0.29, 0.717) is 0 Å². The normalized spacial score (nSPS) is 24.5. The Bertz CT molecular complexity index is 133. The van der Waals surface area contributed by atoms with Crippen LogP contribution in [0.25, 0.3) is 0 Å². The Labute approximate surface area is 82.5 Å². The number of hydrogen-bond acceptors (Lipinski definition) is 1. The highest BCUT2D eigenvalue weighted by Crippen LogP contribution is 2.33. The van der Waals surface area contributed by atoms with Gasteiger partial charge in [0.25, 0.3) is 0 Å². The maximum Gasteiger partial charge on any atom is 0.00982 e. The molecule has 0 radical (unpaired) electrons. The second-order valence-electron chi connectivity index (χ2n) is 4.76. The third kappa shape index (κ3) is 2.07. The lowest BCUT2D eigenvalue weighted by Gasteiger charge is -2.46. The van der Waals surface area contributed by atoms with Crippen molar-refractivity contribution >= 4 is 0 Å². The van der Waals surface area contributed by atoms with Crippen molar-refractivity contribution in [2.45, 2.75) is 70.4 Å². The van der Waals surface area contributed by atoms with Gasteiger partial charge in [-0.1, -0.05) is 26.2 Å². The minimum atomic E-state index is 0.983. The molecule has 0 aromatic heterocycles. The summed E-state index contributed by atoms with van der Waals surface area (Å²) >= 11 is 0. The molecule has 0 aromatic rings. The molecular formula is C12H23N. The molecule has 0 amide bonds. The summed E-state index contributed by atoms with van der Waals surface area (Å²) < 4.78 is 0. The topological polar surface area (TPSA) is 3.24 Å². The van der Waals surface area contributed by atoms with Crippen molar-refractivity contribution in [2.24, 2.45) is 0 Å². The highest BCUT2D eigenvalue weighted by atomic mass is 15.2. The minimum Gasteiger partial charge on any atom is -0.297 e. The predicted molar refractivity (Wildman–Crippen MR) is 56.9 cm³/mol. The molecule has 0 atom stereocenters. The zero-order valence-electron chi connectivity index (χ0n) is 8.97. The lowest BCUT2D eigenvalue weighted by molar-refractivity contribution is 0.0395.